The number of esters is 1. The number of nitrogens with zero attached hydrogens (tertiary/aromatic N) is 2. The number of ether oxygens (including phenoxy) is 1. The van der Waals surface area contributed by atoms with E-state index in [4.69, 9.17) is 15.3 Å². The monoisotopic (exact) mass is 278 g/mol. The van der Waals surface area contributed by atoms with Crippen molar-refractivity contribution in [3.63, 3.8) is 0 Å². The van der Waals surface area contributed by atoms with Crippen LogP contribution in [-0.4, -0.2) is 11.6 Å². The predicted molar refractivity (Wildman–Crippen MR) is 77.5 cm³/mol. The number of cyclic esters (lactones) is 1. The highest BCUT2D eigenvalue weighted by Gasteiger charge is 2.42. The molecule has 0 atom stereocenters. The smallest absolute Gasteiger partial charge is 0.339 e. The Labute approximate surface area is 123 Å². The van der Waals surface area contributed by atoms with Crippen LogP contribution in [0, 0.1) is 22.7 Å². The minimum atomic E-state index is -0.801. The molecule has 21 heavy (non-hydrogen) atoms. The molecule has 0 bridgehead atoms. The average molecular weight is 278 g/mol. The number of rotatable bonds is 2. The highest BCUT2D eigenvalue weighted by molar-refractivity contribution is 6.08. The first kappa shape index (κ1) is 14.6. The zero-order valence-corrected chi connectivity index (χ0v) is 12.1. The minimum Gasteiger partial charge on any atom is -0.451 e. The summed E-state index contributed by atoms with van der Waals surface area (Å²) in [6.45, 7) is 5.20. The Morgan fingerprint density at radius 1 is 1.14 bits per heavy atom. The van der Waals surface area contributed by atoms with Crippen molar-refractivity contribution in [2.45, 2.75) is 26.4 Å². The van der Waals surface area contributed by atoms with Crippen LogP contribution in [0.25, 0.3) is 5.57 Å². The fraction of sp³-hybridized carbons (Fsp3) is 0.235. The summed E-state index contributed by atoms with van der Waals surface area (Å²) >= 11 is 0. The summed E-state index contributed by atoms with van der Waals surface area (Å²) in [4.78, 5) is 12.2. The molecule has 0 saturated carbocycles. The summed E-state index contributed by atoms with van der Waals surface area (Å²) in [5.41, 5.74) is 1.34. The Kier molecular flexibility index (Phi) is 3.65. The molecule has 0 fully saturated rings. The van der Waals surface area contributed by atoms with Gasteiger partial charge in [-0.2, -0.15) is 10.5 Å². The number of carbonyl (C=O) groups is 1. The van der Waals surface area contributed by atoms with Crippen molar-refractivity contribution in [3.05, 3.63) is 52.6 Å². The van der Waals surface area contributed by atoms with E-state index in [0.29, 0.717) is 16.7 Å². The second-order valence-corrected chi connectivity index (χ2v) is 5.24. The van der Waals surface area contributed by atoms with E-state index < -0.39 is 11.6 Å². The molecule has 1 aromatic rings. The van der Waals surface area contributed by atoms with Gasteiger partial charge in [-0.15, -0.1) is 0 Å². The van der Waals surface area contributed by atoms with E-state index >= 15 is 0 Å². The summed E-state index contributed by atoms with van der Waals surface area (Å²) in [5.74, 6) is -0.501. The van der Waals surface area contributed by atoms with Crippen LogP contribution < -0.4 is 0 Å². The van der Waals surface area contributed by atoms with Crippen LogP contribution in [-0.2, 0) is 9.53 Å². The van der Waals surface area contributed by atoms with Gasteiger partial charge in [0.05, 0.1) is 5.57 Å². The molecule has 1 heterocycles. The molecule has 1 aromatic carbocycles. The van der Waals surface area contributed by atoms with Crippen LogP contribution in [0.5, 0.6) is 0 Å². The molecule has 0 unspecified atom stereocenters. The normalized spacial score (nSPS) is 16.0. The highest BCUT2D eigenvalue weighted by Crippen LogP contribution is 2.42. The van der Waals surface area contributed by atoms with Crippen LogP contribution in [0.2, 0.25) is 0 Å². The van der Waals surface area contributed by atoms with Crippen molar-refractivity contribution in [2.75, 3.05) is 0 Å². The van der Waals surface area contributed by atoms with Crippen molar-refractivity contribution < 1.29 is 9.53 Å². The second kappa shape index (κ2) is 5.26. The summed E-state index contributed by atoms with van der Waals surface area (Å²) in [6.07, 6.45) is 0. The molecule has 0 aromatic heterocycles. The number of allylic oxidation sites excluding steroid dienone is 1. The fourth-order valence-electron chi connectivity index (χ4n) is 2.49. The first-order valence-electron chi connectivity index (χ1n) is 6.47. The summed E-state index contributed by atoms with van der Waals surface area (Å²) < 4.78 is 5.42. The number of benzene rings is 1. The number of hydrogen-bond acceptors (Lipinski definition) is 4. The van der Waals surface area contributed by atoms with E-state index in [1.165, 1.54) is 0 Å². The van der Waals surface area contributed by atoms with Crippen LogP contribution >= 0.6 is 0 Å². The number of carbonyl (C=O) groups excluding carboxylic acids is 1. The lowest BCUT2D eigenvalue weighted by molar-refractivity contribution is -0.143. The van der Waals surface area contributed by atoms with E-state index in [1.54, 1.807) is 20.8 Å². The van der Waals surface area contributed by atoms with Gasteiger partial charge >= 0.3 is 5.97 Å². The minimum absolute atomic E-state index is 0.0759. The lowest BCUT2D eigenvalue weighted by Crippen LogP contribution is -2.22. The molecule has 1 aliphatic rings. The van der Waals surface area contributed by atoms with Gasteiger partial charge < -0.3 is 4.74 Å². The molecular weight excluding hydrogens is 264 g/mol. The van der Waals surface area contributed by atoms with E-state index in [2.05, 4.69) is 0 Å². The highest BCUT2D eigenvalue weighted by atomic mass is 16.6. The molecule has 4 nitrogen and oxygen atoms in total. The van der Waals surface area contributed by atoms with E-state index in [-0.39, 0.29) is 5.57 Å². The summed E-state index contributed by atoms with van der Waals surface area (Å²) in [6, 6.07) is 13.0. The first-order chi connectivity index (χ1) is 9.92. The van der Waals surface area contributed by atoms with Crippen LogP contribution in [0.4, 0.5) is 0 Å². The van der Waals surface area contributed by atoms with Gasteiger partial charge in [-0.3, -0.25) is 0 Å². The molecule has 104 valence electrons. The Hall–Kier alpha value is -2.85. The Morgan fingerprint density at radius 2 is 1.71 bits per heavy atom. The number of nitriles is 2. The SMILES string of the molecule is CC(=C(C#N)C#N)C1=C(c2ccccc2)C(C)(C)OC1=O. The molecular formula is C17H14N2O2. The Morgan fingerprint density at radius 3 is 2.24 bits per heavy atom. The van der Waals surface area contributed by atoms with Gasteiger partial charge in [-0.25, -0.2) is 4.79 Å². The maximum atomic E-state index is 12.2. The fourth-order valence-corrected chi connectivity index (χ4v) is 2.49. The lowest BCUT2D eigenvalue weighted by atomic mass is 9.86. The van der Waals surface area contributed by atoms with Gasteiger partial charge in [-0.1, -0.05) is 30.3 Å². The maximum Gasteiger partial charge on any atom is 0.339 e. The molecule has 0 aliphatic carbocycles. The number of hydrogen-bond donors (Lipinski definition) is 0. The average Bonchev–Trinajstić information content (AvgIpc) is 2.70. The van der Waals surface area contributed by atoms with Gasteiger partial charge in [0.15, 0.2) is 0 Å². The molecule has 0 radical (unpaired) electrons. The van der Waals surface area contributed by atoms with Crippen LogP contribution in [0.15, 0.2) is 47.1 Å². The zero-order valence-electron chi connectivity index (χ0n) is 12.1. The van der Waals surface area contributed by atoms with Gasteiger partial charge in [0.2, 0.25) is 0 Å². The third kappa shape index (κ3) is 2.44. The first-order valence-corrected chi connectivity index (χ1v) is 6.47. The Bertz CT molecular complexity index is 725. The quantitative estimate of drug-likeness (QED) is 0.615. The zero-order chi connectivity index (χ0) is 15.6. The van der Waals surface area contributed by atoms with Crippen molar-refractivity contribution in [2.24, 2.45) is 0 Å². The molecule has 1 aliphatic heterocycles. The molecule has 4 heteroatoms. The third-order valence-electron chi connectivity index (χ3n) is 3.44. The van der Waals surface area contributed by atoms with Gasteiger partial charge in [0, 0.05) is 5.57 Å². The maximum absolute atomic E-state index is 12.2. The van der Waals surface area contributed by atoms with Gasteiger partial charge in [0.25, 0.3) is 0 Å². The lowest BCUT2D eigenvalue weighted by Gasteiger charge is -2.21. The van der Waals surface area contributed by atoms with Crippen LogP contribution in [0.1, 0.15) is 26.3 Å². The summed E-state index contributed by atoms with van der Waals surface area (Å²) in [5, 5.41) is 18.0. The largest absolute Gasteiger partial charge is 0.451 e. The van der Waals surface area contributed by atoms with Crippen molar-refractivity contribution in [1.29, 1.82) is 10.5 Å². The molecule has 0 amide bonds. The third-order valence-corrected chi connectivity index (χ3v) is 3.44. The molecule has 0 saturated heterocycles. The second-order valence-electron chi connectivity index (χ2n) is 5.24. The molecule has 0 N–H and O–H groups in total. The molecule has 2 rings (SSSR count). The van der Waals surface area contributed by atoms with Gasteiger partial charge in [-0.05, 0) is 31.9 Å². The Balaban J connectivity index is 2.80. The van der Waals surface area contributed by atoms with E-state index in [0.717, 1.165) is 5.56 Å². The standard InChI is InChI=1S/C17H14N2O2/c1-11(13(9-18)10-19)14-15(12-7-5-4-6-8-12)17(2,3)21-16(14)20/h4-8H,1-3H3. The van der Waals surface area contributed by atoms with Gasteiger partial charge in [0.1, 0.15) is 23.3 Å². The predicted octanol–water partition coefficient (Wildman–Crippen LogP) is 3.14. The topological polar surface area (TPSA) is 73.9 Å². The van der Waals surface area contributed by atoms with E-state index in [1.807, 2.05) is 42.5 Å². The molecule has 0 spiro atoms. The van der Waals surface area contributed by atoms with Crippen molar-refractivity contribution in [1.82, 2.24) is 0 Å². The summed E-state index contributed by atoms with van der Waals surface area (Å²) in [7, 11) is 0. The van der Waals surface area contributed by atoms with Crippen molar-refractivity contribution in [3.8, 4) is 12.1 Å². The van der Waals surface area contributed by atoms with E-state index in [9.17, 15) is 4.79 Å². The van der Waals surface area contributed by atoms with Crippen LogP contribution in [0.3, 0.4) is 0 Å². The van der Waals surface area contributed by atoms with Crippen molar-refractivity contribution >= 4 is 11.5 Å².